The van der Waals surface area contributed by atoms with Crippen molar-refractivity contribution in [1.82, 2.24) is 10.3 Å². The monoisotopic (exact) mass is 174 g/mol. The van der Waals surface area contributed by atoms with Gasteiger partial charge in [0.05, 0.1) is 0 Å². The van der Waals surface area contributed by atoms with Gasteiger partial charge in [-0.2, -0.15) is 0 Å². The van der Waals surface area contributed by atoms with Crippen LogP contribution in [0.25, 0.3) is 10.9 Å². The molecule has 0 saturated carbocycles. The summed E-state index contributed by atoms with van der Waals surface area (Å²) < 4.78 is 0. The van der Waals surface area contributed by atoms with Crippen molar-refractivity contribution in [2.75, 3.05) is 6.54 Å². The number of H-pyrrole nitrogens is 1. The molecule has 0 bridgehead atoms. The molecule has 0 radical (unpaired) electrons. The molecule has 1 heterocycles. The van der Waals surface area contributed by atoms with Crippen LogP contribution in [-0.4, -0.2) is 11.5 Å². The molecule has 0 aliphatic carbocycles. The Morgan fingerprint density at radius 3 is 2.92 bits per heavy atom. The van der Waals surface area contributed by atoms with Crippen molar-refractivity contribution in [1.29, 1.82) is 0 Å². The van der Waals surface area contributed by atoms with Crippen molar-refractivity contribution < 1.29 is 0 Å². The first-order valence-electron chi connectivity index (χ1n) is 4.67. The third-order valence-electron chi connectivity index (χ3n) is 2.15. The van der Waals surface area contributed by atoms with Crippen molar-refractivity contribution >= 4 is 10.9 Å². The molecule has 0 aliphatic rings. The highest BCUT2D eigenvalue weighted by atomic mass is 14.9. The predicted molar refractivity (Wildman–Crippen MR) is 55.7 cm³/mol. The topological polar surface area (TPSA) is 27.8 Å². The van der Waals surface area contributed by atoms with Crippen molar-refractivity contribution in [3.8, 4) is 0 Å². The quantitative estimate of drug-likeness (QED) is 0.734. The number of hydrogen-bond donors (Lipinski definition) is 2. The van der Waals surface area contributed by atoms with Crippen molar-refractivity contribution in [2.45, 2.75) is 13.5 Å². The molecule has 0 amide bonds. The summed E-state index contributed by atoms with van der Waals surface area (Å²) in [4.78, 5) is 3.37. The van der Waals surface area contributed by atoms with Gasteiger partial charge in [0, 0.05) is 17.8 Å². The molecule has 2 nitrogen and oxygen atoms in total. The maximum absolute atomic E-state index is 3.37. The number of aromatic amines is 1. The van der Waals surface area contributed by atoms with E-state index in [-0.39, 0.29) is 0 Å². The lowest BCUT2D eigenvalue weighted by Gasteiger charge is -1.96. The number of nitrogens with one attached hydrogen (secondary N) is 2. The Morgan fingerprint density at radius 2 is 2.15 bits per heavy atom. The van der Waals surface area contributed by atoms with Gasteiger partial charge < -0.3 is 10.3 Å². The summed E-state index contributed by atoms with van der Waals surface area (Å²) in [5.41, 5.74) is 2.47. The van der Waals surface area contributed by atoms with E-state index < -0.39 is 0 Å². The average Bonchev–Trinajstić information content (AvgIpc) is 2.57. The molecule has 2 aromatic rings. The summed E-state index contributed by atoms with van der Waals surface area (Å²) in [6.45, 7) is 4.04. The van der Waals surface area contributed by atoms with Gasteiger partial charge in [0.15, 0.2) is 0 Å². The first-order valence-corrected chi connectivity index (χ1v) is 4.67. The lowest BCUT2D eigenvalue weighted by atomic mass is 10.2. The van der Waals surface area contributed by atoms with Gasteiger partial charge in [0.25, 0.3) is 0 Å². The molecule has 0 fully saturated rings. The maximum Gasteiger partial charge on any atom is 0.0456 e. The first-order chi connectivity index (χ1) is 6.40. The Morgan fingerprint density at radius 1 is 1.31 bits per heavy atom. The smallest absolute Gasteiger partial charge is 0.0456 e. The van der Waals surface area contributed by atoms with Gasteiger partial charge in [-0.05, 0) is 24.1 Å². The minimum Gasteiger partial charge on any atom is -0.357 e. The van der Waals surface area contributed by atoms with E-state index in [1.54, 1.807) is 0 Å². The van der Waals surface area contributed by atoms with Crippen LogP contribution < -0.4 is 5.32 Å². The second-order valence-electron chi connectivity index (χ2n) is 3.16. The van der Waals surface area contributed by atoms with Gasteiger partial charge in [-0.1, -0.05) is 25.1 Å². The zero-order valence-electron chi connectivity index (χ0n) is 7.80. The number of aromatic nitrogens is 1. The predicted octanol–water partition coefficient (Wildman–Crippen LogP) is 2.28. The average molecular weight is 174 g/mol. The molecule has 13 heavy (non-hydrogen) atoms. The highest BCUT2D eigenvalue weighted by molar-refractivity contribution is 5.80. The molecule has 0 unspecified atom stereocenters. The van der Waals surface area contributed by atoms with E-state index in [1.165, 1.54) is 16.6 Å². The van der Waals surface area contributed by atoms with Crippen LogP contribution >= 0.6 is 0 Å². The minimum atomic E-state index is 0.922. The summed E-state index contributed by atoms with van der Waals surface area (Å²) >= 11 is 0. The molecule has 68 valence electrons. The third kappa shape index (κ3) is 1.73. The summed E-state index contributed by atoms with van der Waals surface area (Å²) in [6.07, 6.45) is 0. The highest BCUT2D eigenvalue weighted by Gasteiger charge is 1.97. The molecule has 1 aromatic carbocycles. The van der Waals surface area contributed by atoms with Gasteiger partial charge in [-0.15, -0.1) is 0 Å². The van der Waals surface area contributed by atoms with Crippen LogP contribution in [0.5, 0.6) is 0 Å². The van der Waals surface area contributed by atoms with E-state index in [9.17, 15) is 0 Å². The lowest BCUT2D eigenvalue weighted by molar-refractivity contribution is 0.715. The van der Waals surface area contributed by atoms with Crippen LogP contribution in [0.3, 0.4) is 0 Å². The van der Waals surface area contributed by atoms with Crippen LogP contribution in [0.2, 0.25) is 0 Å². The van der Waals surface area contributed by atoms with Crippen LogP contribution in [0.4, 0.5) is 0 Å². The molecule has 2 N–H and O–H groups in total. The molecule has 2 heteroatoms. The largest absolute Gasteiger partial charge is 0.357 e. The fourth-order valence-corrected chi connectivity index (χ4v) is 1.49. The standard InChI is InChI=1S/C11H14N2/c1-2-12-8-10-7-9-5-3-4-6-11(9)13-10/h3-7,12-13H,2,8H2,1H3. The molecule has 0 atom stereocenters. The van der Waals surface area contributed by atoms with Crippen LogP contribution in [0.1, 0.15) is 12.6 Å². The van der Waals surface area contributed by atoms with Gasteiger partial charge in [-0.3, -0.25) is 0 Å². The molecule has 0 saturated heterocycles. The molecular formula is C11H14N2. The molecule has 1 aromatic heterocycles. The van der Waals surface area contributed by atoms with Crippen molar-refractivity contribution in [2.24, 2.45) is 0 Å². The minimum absolute atomic E-state index is 0.922. The summed E-state index contributed by atoms with van der Waals surface area (Å²) in [5, 5.41) is 4.58. The summed E-state index contributed by atoms with van der Waals surface area (Å²) in [6, 6.07) is 10.5. The maximum atomic E-state index is 3.37. The zero-order valence-corrected chi connectivity index (χ0v) is 7.80. The van der Waals surface area contributed by atoms with Crippen molar-refractivity contribution in [3.63, 3.8) is 0 Å². The fraction of sp³-hybridized carbons (Fsp3) is 0.273. The summed E-state index contributed by atoms with van der Waals surface area (Å²) in [7, 11) is 0. The number of fused-ring (bicyclic) bond motifs is 1. The second-order valence-corrected chi connectivity index (χ2v) is 3.16. The Balaban J connectivity index is 2.28. The van der Waals surface area contributed by atoms with E-state index in [0.717, 1.165) is 13.1 Å². The summed E-state index contributed by atoms with van der Waals surface area (Å²) in [5.74, 6) is 0. The number of rotatable bonds is 3. The van der Waals surface area contributed by atoms with Gasteiger partial charge >= 0.3 is 0 Å². The molecule has 0 spiro atoms. The second kappa shape index (κ2) is 3.62. The number of para-hydroxylation sites is 1. The van der Waals surface area contributed by atoms with E-state index in [0.29, 0.717) is 0 Å². The Kier molecular flexibility index (Phi) is 2.32. The van der Waals surface area contributed by atoms with E-state index in [2.05, 4.69) is 47.6 Å². The van der Waals surface area contributed by atoms with Gasteiger partial charge in [0.1, 0.15) is 0 Å². The third-order valence-corrected chi connectivity index (χ3v) is 2.15. The molecule has 0 aliphatic heterocycles. The number of benzene rings is 1. The Hall–Kier alpha value is -1.28. The fourth-order valence-electron chi connectivity index (χ4n) is 1.49. The van der Waals surface area contributed by atoms with E-state index in [1.807, 2.05) is 0 Å². The molecule has 2 rings (SSSR count). The van der Waals surface area contributed by atoms with Crippen LogP contribution in [0.15, 0.2) is 30.3 Å². The zero-order chi connectivity index (χ0) is 9.10. The van der Waals surface area contributed by atoms with Gasteiger partial charge in [0.2, 0.25) is 0 Å². The SMILES string of the molecule is CCNCc1cc2ccccc2[nH]1. The van der Waals surface area contributed by atoms with Gasteiger partial charge in [-0.25, -0.2) is 0 Å². The lowest BCUT2D eigenvalue weighted by Crippen LogP contribution is -2.11. The van der Waals surface area contributed by atoms with E-state index in [4.69, 9.17) is 0 Å². The highest BCUT2D eigenvalue weighted by Crippen LogP contribution is 2.13. The van der Waals surface area contributed by atoms with E-state index >= 15 is 0 Å². The normalized spacial score (nSPS) is 10.8. The Labute approximate surface area is 78.0 Å². The Bertz CT molecular complexity index is 357. The van der Waals surface area contributed by atoms with Crippen LogP contribution in [0, 0.1) is 0 Å². The molecular weight excluding hydrogens is 160 g/mol. The first kappa shape index (κ1) is 8.32. The van der Waals surface area contributed by atoms with Crippen LogP contribution in [-0.2, 0) is 6.54 Å². The van der Waals surface area contributed by atoms with Crippen molar-refractivity contribution in [3.05, 3.63) is 36.0 Å². The number of hydrogen-bond acceptors (Lipinski definition) is 1.